The van der Waals surface area contributed by atoms with Crippen molar-refractivity contribution < 1.29 is 27.8 Å². The van der Waals surface area contributed by atoms with Crippen LogP contribution in [0.4, 0.5) is 23.7 Å². The molecule has 7 heteroatoms. The summed E-state index contributed by atoms with van der Waals surface area (Å²) in [6, 6.07) is 4.36. The summed E-state index contributed by atoms with van der Waals surface area (Å²) in [5.74, 6) is 0. The van der Waals surface area contributed by atoms with E-state index in [1.807, 2.05) is 0 Å². The van der Waals surface area contributed by atoms with E-state index in [4.69, 9.17) is 4.74 Å². The number of halogens is 3. The van der Waals surface area contributed by atoms with Gasteiger partial charge in [0, 0.05) is 5.69 Å². The standard InChI is InChI=1S/C12H12F3NO3/c1-11(6-17)7-19-10(18)16(11)9-4-2-3-8(5-9)12(13,14)15/h2-5,17H,6-7H2,1H3. The fourth-order valence-electron chi connectivity index (χ4n) is 1.92. The van der Waals surface area contributed by atoms with Crippen molar-refractivity contribution in [2.45, 2.75) is 18.6 Å². The summed E-state index contributed by atoms with van der Waals surface area (Å²) in [5.41, 5.74) is -1.86. The third-order valence-electron chi connectivity index (χ3n) is 3.00. The minimum atomic E-state index is -4.49. The fourth-order valence-corrected chi connectivity index (χ4v) is 1.92. The second kappa shape index (κ2) is 4.41. The number of benzene rings is 1. The number of aliphatic hydroxyl groups is 1. The summed E-state index contributed by atoms with van der Waals surface area (Å²) >= 11 is 0. The van der Waals surface area contributed by atoms with Crippen molar-refractivity contribution in [3.05, 3.63) is 29.8 Å². The highest BCUT2D eigenvalue weighted by atomic mass is 19.4. The molecule has 19 heavy (non-hydrogen) atoms. The third kappa shape index (κ3) is 2.37. The molecule has 1 N–H and O–H groups in total. The Morgan fingerprint density at radius 1 is 1.47 bits per heavy atom. The van der Waals surface area contributed by atoms with E-state index in [2.05, 4.69) is 0 Å². The number of anilines is 1. The van der Waals surface area contributed by atoms with Gasteiger partial charge in [-0.15, -0.1) is 0 Å². The molecule has 1 heterocycles. The maximum Gasteiger partial charge on any atom is 0.416 e. The van der Waals surface area contributed by atoms with E-state index in [0.29, 0.717) is 0 Å². The Bertz CT molecular complexity index is 503. The number of alkyl halides is 3. The molecule has 0 bridgehead atoms. The lowest BCUT2D eigenvalue weighted by Crippen LogP contribution is -2.48. The van der Waals surface area contributed by atoms with Gasteiger partial charge in [-0.25, -0.2) is 4.79 Å². The molecule has 1 fully saturated rings. The molecule has 104 valence electrons. The van der Waals surface area contributed by atoms with Crippen LogP contribution in [0, 0.1) is 0 Å². The maximum atomic E-state index is 12.6. The lowest BCUT2D eigenvalue weighted by Gasteiger charge is -2.30. The number of amides is 1. The van der Waals surface area contributed by atoms with Crippen LogP contribution in [0.2, 0.25) is 0 Å². The van der Waals surface area contributed by atoms with Crippen LogP contribution in [0.25, 0.3) is 0 Å². The van der Waals surface area contributed by atoms with E-state index in [9.17, 15) is 23.1 Å². The van der Waals surface area contributed by atoms with Crippen molar-refractivity contribution in [3.8, 4) is 0 Å². The summed E-state index contributed by atoms with van der Waals surface area (Å²) in [5, 5.41) is 9.31. The average Bonchev–Trinajstić information content (AvgIpc) is 2.65. The molecule has 0 aromatic heterocycles. The predicted octanol–water partition coefficient (Wildman–Crippen LogP) is 2.41. The van der Waals surface area contributed by atoms with Crippen LogP contribution in [0.5, 0.6) is 0 Å². The Morgan fingerprint density at radius 3 is 2.74 bits per heavy atom. The zero-order valence-electron chi connectivity index (χ0n) is 10.1. The first-order valence-electron chi connectivity index (χ1n) is 5.53. The average molecular weight is 275 g/mol. The van der Waals surface area contributed by atoms with Crippen molar-refractivity contribution in [2.75, 3.05) is 18.1 Å². The first-order valence-corrected chi connectivity index (χ1v) is 5.53. The van der Waals surface area contributed by atoms with E-state index in [-0.39, 0.29) is 12.3 Å². The summed E-state index contributed by atoms with van der Waals surface area (Å²) in [6.07, 6.45) is -5.26. The van der Waals surface area contributed by atoms with Crippen molar-refractivity contribution in [1.82, 2.24) is 0 Å². The van der Waals surface area contributed by atoms with E-state index >= 15 is 0 Å². The number of cyclic esters (lactones) is 1. The van der Waals surface area contributed by atoms with Crippen LogP contribution >= 0.6 is 0 Å². The molecule has 0 radical (unpaired) electrons. The Balaban J connectivity index is 2.44. The second-order valence-corrected chi connectivity index (χ2v) is 4.59. The molecule has 2 rings (SSSR count). The van der Waals surface area contributed by atoms with Crippen LogP contribution in [-0.4, -0.2) is 30.0 Å². The van der Waals surface area contributed by atoms with Crippen molar-refractivity contribution in [3.63, 3.8) is 0 Å². The predicted molar refractivity (Wildman–Crippen MR) is 60.8 cm³/mol. The normalized spacial score (nSPS) is 23.6. The molecule has 0 saturated carbocycles. The Hall–Kier alpha value is -1.76. The third-order valence-corrected chi connectivity index (χ3v) is 3.00. The van der Waals surface area contributed by atoms with Crippen molar-refractivity contribution in [1.29, 1.82) is 0 Å². The number of rotatable bonds is 2. The Kier molecular flexibility index (Phi) is 3.17. The smallest absolute Gasteiger partial charge is 0.416 e. The largest absolute Gasteiger partial charge is 0.447 e. The summed E-state index contributed by atoms with van der Waals surface area (Å²) in [7, 11) is 0. The molecule has 0 aliphatic carbocycles. The zero-order valence-corrected chi connectivity index (χ0v) is 10.1. The SMILES string of the molecule is CC1(CO)COC(=O)N1c1cccc(C(F)(F)F)c1. The molecule has 1 aromatic rings. The van der Waals surface area contributed by atoms with Crippen LogP contribution in [0.1, 0.15) is 12.5 Å². The van der Waals surface area contributed by atoms with Gasteiger partial charge in [0.25, 0.3) is 0 Å². The molecule has 1 aliphatic heterocycles. The molecule has 4 nitrogen and oxygen atoms in total. The molecule has 1 saturated heterocycles. The number of hydrogen-bond donors (Lipinski definition) is 1. The summed E-state index contributed by atoms with van der Waals surface area (Å²) in [6.45, 7) is 1.06. The highest BCUT2D eigenvalue weighted by Gasteiger charge is 2.45. The molecular formula is C12H12F3NO3. The molecule has 1 aromatic carbocycles. The second-order valence-electron chi connectivity index (χ2n) is 4.59. The van der Waals surface area contributed by atoms with Crippen molar-refractivity contribution >= 4 is 11.8 Å². The van der Waals surface area contributed by atoms with Crippen LogP contribution < -0.4 is 4.90 Å². The molecule has 1 unspecified atom stereocenters. The fraction of sp³-hybridized carbons (Fsp3) is 0.417. The number of nitrogens with zero attached hydrogens (tertiary/aromatic N) is 1. The van der Waals surface area contributed by atoms with Gasteiger partial charge >= 0.3 is 12.3 Å². The molecular weight excluding hydrogens is 263 g/mol. The van der Waals surface area contributed by atoms with E-state index in [1.54, 1.807) is 0 Å². The van der Waals surface area contributed by atoms with E-state index in [0.717, 1.165) is 17.0 Å². The van der Waals surface area contributed by atoms with Crippen LogP contribution in [0.3, 0.4) is 0 Å². The van der Waals surface area contributed by atoms with E-state index < -0.39 is 30.0 Å². The monoisotopic (exact) mass is 275 g/mol. The van der Waals surface area contributed by atoms with Crippen LogP contribution in [0.15, 0.2) is 24.3 Å². The van der Waals surface area contributed by atoms with Gasteiger partial charge < -0.3 is 9.84 Å². The quantitative estimate of drug-likeness (QED) is 0.901. The van der Waals surface area contributed by atoms with Gasteiger partial charge in [-0.05, 0) is 25.1 Å². The summed E-state index contributed by atoms with van der Waals surface area (Å²) < 4.78 is 42.7. The molecule has 1 atom stereocenters. The topological polar surface area (TPSA) is 49.8 Å². The lowest BCUT2D eigenvalue weighted by atomic mass is 10.0. The van der Waals surface area contributed by atoms with Crippen LogP contribution in [-0.2, 0) is 10.9 Å². The molecule has 1 amide bonds. The number of aliphatic hydroxyl groups excluding tert-OH is 1. The first-order chi connectivity index (χ1) is 8.78. The van der Waals surface area contributed by atoms with Crippen molar-refractivity contribution in [2.24, 2.45) is 0 Å². The Labute approximate surface area is 107 Å². The highest BCUT2D eigenvalue weighted by molar-refractivity contribution is 5.91. The number of ether oxygens (including phenoxy) is 1. The Morgan fingerprint density at radius 2 is 2.16 bits per heavy atom. The number of carbonyl (C=O) groups excluding carboxylic acids is 1. The van der Waals surface area contributed by atoms with Gasteiger partial charge in [-0.1, -0.05) is 6.07 Å². The minimum absolute atomic E-state index is 0.0499. The maximum absolute atomic E-state index is 12.6. The van der Waals surface area contributed by atoms with Gasteiger partial charge in [0.15, 0.2) is 0 Å². The first kappa shape index (κ1) is 13.7. The number of carbonyl (C=O) groups is 1. The molecule has 0 spiro atoms. The van der Waals surface area contributed by atoms with Gasteiger partial charge in [0.2, 0.25) is 0 Å². The number of hydrogen-bond acceptors (Lipinski definition) is 3. The van der Waals surface area contributed by atoms with Gasteiger partial charge in [0.1, 0.15) is 12.1 Å². The highest BCUT2D eigenvalue weighted by Crippen LogP contribution is 2.35. The zero-order chi connectivity index (χ0) is 14.3. The molecule has 1 aliphatic rings. The van der Waals surface area contributed by atoms with Gasteiger partial charge in [0.05, 0.1) is 12.2 Å². The van der Waals surface area contributed by atoms with Gasteiger partial charge in [-0.3, -0.25) is 4.90 Å². The lowest BCUT2D eigenvalue weighted by molar-refractivity contribution is -0.137. The minimum Gasteiger partial charge on any atom is -0.447 e. The van der Waals surface area contributed by atoms with E-state index in [1.165, 1.54) is 19.1 Å². The summed E-state index contributed by atoms with van der Waals surface area (Å²) in [4.78, 5) is 12.7. The van der Waals surface area contributed by atoms with Gasteiger partial charge in [-0.2, -0.15) is 13.2 Å².